The summed E-state index contributed by atoms with van der Waals surface area (Å²) in [4.78, 5) is 14.2. The van der Waals surface area contributed by atoms with Crippen LogP contribution in [0.5, 0.6) is 0 Å². The SMILES string of the molecule is CCN(CC)CCn1c(C)ccc(C#N)c1=O. The second-order valence-electron chi connectivity index (χ2n) is 3.98. The molecule has 0 unspecified atom stereocenters. The second kappa shape index (κ2) is 6.21. The Labute approximate surface area is 102 Å². The normalized spacial score (nSPS) is 10.5. The minimum absolute atomic E-state index is 0.181. The van der Waals surface area contributed by atoms with Crippen molar-refractivity contribution < 1.29 is 0 Å². The van der Waals surface area contributed by atoms with Crippen LogP contribution in [0.1, 0.15) is 25.1 Å². The standard InChI is InChI=1S/C13H19N3O/c1-4-15(5-2)8-9-16-11(3)6-7-12(10-14)13(16)17/h6-7H,4-5,8-9H2,1-3H3. The summed E-state index contributed by atoms with van der Waals surface area (Å²) in [5.74, 6) is 0. The van der Waals surface area contributed by atoms with E-state index in [1.54, 1.807) is 10.6 Å². The lowest BCUT2D eigenvalue weighted by Crippen LogP contribution is -2.32. The minimum atomic E-state index is -0.181. The molecule has 0 fully saturated rings. The Bertz CT molecular complexity index is 467. The van der Waals surface area contributed by atoms with E-state index in [9.17, 15) is 4.79 Å². The molecule has 1 aromatic rings. The first-order chi connectivity index (χ1) is 8.13. The maximum absolute atomic E-state index is 11.9. The monoisotopic (exact) mass is 233 g/mol. The van der Waals surface area contributed by atoms with Crippen molar-refractivity contribution in [3.63, 3.8) is 0 Å². The van der Waals surface area contributed by atoms with Crippen molar-refractivity contribution in [3.8, 4) is 6.07 Å². The van der Waals surface area contributed by atoms with Gasteiger partial charge in [-0.05, 0) is 32.1 Å². The van der Waals surface area contributed by atoms with E-state index in [0.717, 1.165) is 25.3 Å². The van der Waals surface area contributed by atoms with Gasteiger partial charge < -0.3 is 9.47 Å². The van der Waals surface area contributed by atoms with Crippen LogP contribution < -0.4 is 5.56 Å². The maximum atomic E-state index is 11.9. The van der Waals surface area contributed by atoms with E-state index in [4.69, 9.17) is 5.26 Å². The van der Waals surface area contributed by atoms with E-state index >= 15 is 0 Å². The summed E-state index contributed by atoms with van der Waals surface area (Å²) >= 11 is 0. The van der Waals surface area contributed by atoms with Crippen LogP contribution in [0.3, 0.4) is 0 Å². The lowest BCUT2D eigenvalue weighted by atomic mass is 10.2. The van der Waals surface area contributed by atoms with E-state index in [2.05, 4.69) is 18.7 Å². The van der Waals surface area contributed by atoms with E-state index < -0.39 is 0 Å². The molecule has 0 bridgehead atoms. The van der Waals surface area contributed by atoms with Crippen molar-refractivity contribution in [2.45, 2.75) is 27.3 Å². The highest BCUT2D eigenvalue weighted by Crippen LogP contribution is 1.98. The number of hydrogen-bond acceptors (Lipinski definition) is 3. The van der Waals surface area contributed by atoms with Crippen molar-refractivity contribution in [3.05, 3.63) is 33.7 Å². The first-order valence-corrected chi connectivity index (χ1v) is 5.96. The van der Waals surface area contributed by atoms with Gasteiger partial charge in [-0.1, -0.05) is 13.8 Å². The molecule has 0 aliphatic carbocycles. The van der Waals surface area contributed by atoms with Crippen LogP contribution in [-0.2, 0) is 6.54 Å². The summed E-state index contributed by atoms with van der Waals surface area (Å²) in [5.41, 5.74) is 0.941. The van der Waals surface area contributed by atoms with Gasteiger partial charge in [0.1, 0.15) is 11.6 Å². The Morgan fingerprint density at radius 1 is 1.35 bits per heavy atom. The van der Waals surface area contributed by atoms with E-state index in [1.165, 1.54) is 0 Å². The van der Waals surface area contributed by atoms with Gasteiger partial charge in [-0.15, -0.1) is 0 Å². The Morgan fingerprint density at radius 2 is 2.00 bits per heavy atom. The maximum Gasteiger partial charge on any atom is 0.268 e. The molecule has 0 aromatic carbocycles. The van der Waals surface area contributed by atoms with Crippen LogP contribution in [0.2, 0.25) is 0 Å². The van der Waals surface area contributed by atoms with Crippen LogP contribution in [0.25, 0.3) is 0 Å². The highest BCUT2D eigenvalue weighted by molar-refractivity contribution is 5.27. The molecule has 0 spiro atoms. The van der Waals surface area contributed by atoms with Gasteiger partial charge >= 0.3 is 0 Å². The Morgan fingerprint density at radius 3 is 2.53 bits per heavy atom. The molecule has 0 amide bonds. The molecule has 1 heterocycles. The minimum Gasteiger partial charge on any atom is -0.311 e. The summed E-state index contributed by atoms with van der Waals surface area (Å²) in [6.07, 6.45) is 0. The van der Waals surface area contributed by atoms with Crippen LogP contribution in [0, 0.1) is 18.3 Å². The molecule has 0 saturated heterocycles. The molecule has 0 aliphatic rings. The number of aromatic nitrogens is 1. The molecule has 0 saturated carbocycles. The number of hydrogen-bond donors (Lipinski definition) is 0. The van der Waals surface area contributed by atoms with E-state index in [1.807, 2.05) is 19.1 Å². The van der Waals surface area contributed by atoms with Crippen molar-refractivity contribution in [2.24, 2.45) is 0 Å². The average Bonchev–Trinajstić information content (AvgIpc) is 2.34. The smallest absolute Gasteiger partial charge is 0.268 e. The highest BCUT2D eigenvalue weighted by atomic mass is 16.1. The van der Waals surface area contributed by atoms with Gasteiger partial charge in [0.05, 0.1) is 0 Å². The van der Waals surface area contributed by atoms with Crippen molar-refractivity contribution in [1.29, 1.82) is 5.26 Å². The first-order valence-electron chi connectivity index (χ1n) is 5.96. The molecular formula is C13H19N3O. The molecule has 17 heavy (non-hydrogen) atoms. The lowest BCUT2D eigenvalue weighted by Gasteiger charge is -2.19. The Balaban J connectivity index is 2.91. The zero-order chi connectivity index (χ0) is 12.8. The second-order valence-corrected chi connectivity index (χ2v) is 3.98. The largest absolute Gasteiger partial charge is 0.311 e. The third-order valence-electron chi connectivity index (χ3n) is 3.05. The molecule has 4 heteroatoms. The Hall–Kier alpha value is -1.60. The molecule has 0 N–H and O–H groups in total. The fourth-order valence-corrected chi connectivity index (χ4v) is 1.82. The van der Waals surface area contributed by atoms with Crippen molar-refractivity contribution in [1.82, 2.24) is 9.47 Å². The molecule has 0 radical (unpaired) electrons. The molecule has 4 nitrogen and oxygen atoms in total. The third-order valence-corrected chi connectivity index (χ3v) is 3.05. The summed E-state index contributed by atoms with van der Waals surface area (Å²) in [6.45, 7) is 9.52. The van der Waals surface area contributed by atoms with E-state index in [-0.39, 0.29) is 11.1 Å². The lowest BCUT2D eigenvalue weighted by molar-refractivity contribution is 0.288. The number of likely N-dealkylation sites (N-methyl/N-ethyl adjacent to an activating group) is 1. The molecular weight excluding hydrogens is 214 g/mol. The molecule has 92 valence electrons. The predicted octanol–water partition coefficient (Wildman–Crippen LogP) is 1.37. The van der Waals surface area contributed by atoms with Crippen LogP contribution in [-0.4, -0.2) is 29.1 Å². The van der Waals surface area contributed by atoms with Gasteiger partial charge in [-0.25, -0.2) is 0 Å². The van der Waals surface area contributed by atoms with Gasteiger partial charge in [0.15, 0.2) is 0 Å². The van der Waals surface area contributed by atoms with Crippen molar-refractivity contribution >= 4 is 0 Å². The van der Waals surface area contributed by atoms with Crippen LogP contribution in [0.15, 0.2) is 16.9 Å². The number of nitriles is 1. The third kappa shape index (κ3) is 3.18. The Kier molecular flexibility index (Phi) is 4.92. The van der Waals surface area contributed by atoms with Gasteiger partial charge in [0.2, 0.25) is 0 Å². The molecule has 1 rings (SSSR count). The van der Waals surface area contributed by atoms with E-state index in [0.29, 0.717) is 6.54 Å². The summed E-state index contributed by atoms with van der Waals surface area (Å²) in [5, 5.41) is 8.83. The van der Waals surface area contributed by atoms with Gasteiger partial charge in [0, 0.05) is 18.8 Å². The summed E-state index contributed by atoms with van der Waals surface area (Å²) < 4.78 is 1.68. The topological polar surface area (TPSA) is 49.0 Å². The van der Waals surface area contributed by atoms with Crippen LogP contribution in [0.4, 0.5) is 0 Å². The predicted molar refractivity (Wildman–Crippen MR) is 67.9 cm³/mol. The average molecular weight is 233 g/mol. The zero-order valence-corrected chi connectivity index (χ0v) is 10.7. The first kappa shape index (κ1) is 13.5. The van der Waals surface area contributed by atoms with Gasteiger partial charge in [0.25, 0.3) is 5.56 Å². The number of aryl methyl sites for hydroxylation is 1. The van der Waals surface area contributed by atoms with Crippen molar-refractivity contribution in [2.75, 3.05) is 19.6 Å². The van der Waals surface area contributed by atoms with Crippen LogP contribution >= 0.6 is 0 Å². The number of pyridine rings is 1. The quantitative estimate of drug-likeness (QED) is 0.771. The number of nitrogens with zero attached hydrogens (tertiary/aromatic N) is 3. The fourth-order valence-electron chi connectivity index (χ4n) is 1.82. The van der Waals surface area contributed by atoms with Gasteiger partial charge in [-0.3, -0.25) is 4.79 Å². The summed E-state index contributed by atoms with van der Waals surface area (Å²) in [7, 11) is 0. The highest BCUT2D eigenvalue weighted by Gasteiger charge is 2.07. The molecule has 0 aliphatic heterocycles. The summed E-state index contributed by atoms with van der Waals surface area (Å²) in [6, 6.07) is 5.34. The zero-order valence-electron chi connectivity index (χ0n) is 10.7. The fraction of sp³-hybridized carbons (Fsp3) is 0.538. The van der Waals surface area contributed by atoms with Gasteiger partial charge in [-0.2, -0.15) is 5.26 Å². The molecule has 1 aromatic heterocycles. The number of rotatable bonds is 5. The molecule has 0 atom stereocenters.